The molecule has 0 saturated heterocycles. The number of nitrogens with one attached hydrogen (secondary N) is 1. The lowest BCUT2D eigenvalue weighted by Gasteiger charge is -2.13. The number of halogens is 3. The highest BCUT2D eigenvalue weighted by Crippen LogP contribution is 2.40. The van der Waals surface area contributed by atoms with Gasteiger partial charge in [-0.2, -0.15) is 18.2 Å². The Morgan fingerprint density at radius 1 is 1.41 bits per heavy atom. The van der Waals surface area contributed by atoms with Crippen LogP contribution in [0.1, 0.15) is 6.42 Å². The van der Waals surface area contributed by atoms with E-state index in [1.54, 1.807) is 0 Å². The zero-order valence-corrected chi connectivity index (χ0v) is 12.5. The average molecular weight is 349 g/mol. The molecular formula is C12H10F3N3O2S2. The van der Waals surface area contributed by atoms with E-state index in [1.807, 2.05) is 0 Å². The molecule has 0 saturated carbocycles. The first-order valence-corrected chi connectivity index (χ1v) is 7.63. The van der Waals surface area contributed by atoms with Crippen molar-refractivity contribution in [3.8, 4) is 0 Å². The summed E-state index contributed by atoms with van der Waals surface area (Å²) in [5.41, 5.74) is 0.952. The number of amides is 2. The molecule has 2 amide bonds. The van der Waals surface area contributed by atoms with Crippen LogP contribution in [0, 0.1) is 0 Å². The van der Waals surface area contributed by atoms with E-state index in [9.17, 15) is 22.8 Å². The molecule has 1 heterocycles. The van der Waals surface area contributed by atoms with Crippen LogP contribution >= 0.6 is 23.5 Å². The fourth-order valence-corrected chi connectivity index (χ4v) is 3.13. The monoisotopic (exact) mass is 349 g/mol. The van der Waals surface area contributed by atoms with E-state index in [0.717, 1.165) is 11.8 Å². The highest BCUT2D eigenvalue weighted by atomic mass is 32.2. The maximum Gasteiger partial charge on any atom is 0.446 e. The van der Waals surface area contributed by atoms with Gasteiger partial charge in [0.25, 0.3) is 5.91 Å². The third-order valence-corrected chi connectivity index (χ3v) is 4.31. The molecule has 0 fully saturated rings. The molecule has 118 valence electrons. The normalized spacial score (nSPS) is 18.2. The van der Waals surface area contributed by atoms with Gasteiger partial charge in [0.2, 0.25) is 5.91 Å². The first-order valence-electron chi connectivity index (χ1n) is 5.94. The summed E-state index contributed by atoms with van der Waals surface area (Å²) in [7, 11) is 0. The number of hydrogen-bond donors (Lipinski definition) is 2. The minimum Gasteiger partial charge on any atom is -0.378 e. The van der Waals surface area contributed by atoms with Crippen LogP contribution in [0.5, 0.6) is 0 Å². The Hall–Kier alpha value is -1.68. The molecule has 5 nitrogen and oxygen atoms in total. The van der Waals surface area contributed by atoms with Gasteiger partial charge in [-0.3, -0.25) is 9.59 Å². The van der Waals surface area contributed by atoms with Gasteiger partial charge in [-0.05, 0) is 23.9 Å². The maximum absolute atomic E-state index is 12.5. The molecule has 0 unspecified atom stereocenters. The van der Waals surface area contributed by atoms with E-state index < -0.39 is 22.6 Å². The number of para-hydroxylation sites is 1. The van der Waals surface area contributed by atoms with E-state index in [0.29, 0.717) is 0 Å². The second kappa shape index (κ2) is 6.61. The van der Waals surface area contributed by atoms with Gasteiger partial charge in [0.05, 0.1) is 5.69 Å². The molecule has 10 heteroatoms. The molecule has 1 aliphatic rings. The van der Waals surface area contributed by atoms with Gasteiger partial charge in [-0.1, -0.05) is 23.9 Å². The zero-order chi connectivity index (χ0) is 16.3. The van der Waals surface area contributed by atoms with Gasteiger partial charge in [0.1, 0.15) is 5.25 Å². The number of nitrogens with two attached hydrogens (primary N) is 1. The molecule has 1 aromatic rings. The molecule has 1 aliphatic heterocycles. The van der Waals surface area contributed by atoms with Crippen LogP contribution < -0.4 is 11.1 Å². The molecule has 0 aromatic heterocycles. The second-order valence-corrected chi connectivity index (χ2v) is 6.52. The molecule has 0 radical (unpaired) electrons. The number of rotatable bonds is 4. The first-order chi connectivity index (χ1) is 10.2. The molecule has 0 spiro atoms. The number of amidine groups is 1. The summed E-state index contributed by atoms with van der Waals surface area (Å²) in [5.74, 6) is -1.10. The summed E-state index contributed by atoms with van der Waals surface area (Å²) in [6.45, 7) is 0. The van der Waals surface area contributed by atoms with Crippen LogP contribution in [-0.2, 0) is 9.59 Å². The molecule has 2 rings (SSSR count). The Balaban J connectivity index is 2.02. The highest BCUT2D eigenvalue weighted by molar-refractivity contribution is 8.15. The minimum atomic E-state index is -4.46. The predicted octanol–water partition coefficient (Wildman–Crippen LogP) is 2.58. The molecule has 0 aliphatic carbocycles. The smallest absolute Gasteiger partial charge is 0.378 e. The molecule has 22 heavy (non-hydrogen) atoms. The van der Waals surface area contributed by atoms with E-state index in [4.69, 9.17) is 5.73 Å². The molecule has 1 aromatic carbocycles. The second-order valence-electron chi connectivity index (χ2n) is 4.19. The van der Waals surface area contributed by atoms with Gasteiger partial charge in [0.15, 0.2) is 5.17 Å². The molecular weight excluding hydrogens is 339 g/mol. The van der Waals surface area contributed by atoms with Crippen molar-refractivity contribution in [3.05, 3.63) is 24.3 Å². The highest BCUT2D eigenvalue weighted by Gasteiger charge is 2.32. The lowest BCUT2D eigenvalue weighted by molar-refractivity contribution is -0.121. The van der Waals surface area contributed by atoms with Crippen LogP contribution in [0.2, 0.25) is 0 Å². The number of nitrogens with zero attached hydrogens (tertiary/aromatic N) is 1. The van der Waals surface area contributed by atoms with E-state index in [-0.39, 0.29) is 33.9 Å². The van der Waals surface area contributed by atoms with Crippen LogP contribution in [0.3, 0.4) is 0 Å². The SMILES string of the molecule is NC1=NC(=O)[C@@H](CC(=O)Nc2ccccc2SC(F)(F)F)S1. The predicted molar refractivity (Wildman–Crippen MR) is 79.6 cm³/mol. The molecule has 3 N–H and O–H groups in total. The van der Waals surface area contributed by atoms with Crippen molar-refractivity contribution < 1.29 is 22.8 Å². The number of carbonyl (C=O) groups is 2. The zero-order valence-electron chi connectivity index (χ0n) is 10.9. The van der Waals surface area contributed by atoms with Gasteiger partial charge in [-0.25, -0.2) is 0 Å². The molecule has 1 atom stereocenters. The van der Waals surface area contributed by atoms with Crippen molar-refractivity contribution >= 4 is 46.2 Å². The van der Waals surface area contributed by atoms with Crippen LogP contribution in [0.15, 0.2) is 34.2 Å². The number of thioether (sulfide) groups is 2. The van der Waals surface area contributed by atoms with Crippen molar-refractivity contribution in [1.29, 1.82) is 0 Å². The maximum atomic E-state index is 12.5. The Labute approximate surface area is 131 Å². The van der Waals surface area contributed by atoms with Crippen LogP contribution in [0.4, 0.5) is 18.9 Å². The third-order valence-electron chi connectivity index (χ3n) is 2.52. The number of benzene rings is 1. The average Bonchev–Trinajstić information content (AvgIpc) is 2.68. The quantitative estimate of drug-likeness (QED) is 0.816. The van der Waals surface area contributed by atoms with Gasteiger partial charge < -0.3 is 11.1 Å². The number of alkyl halides is 3. The number of hydrogen-bond acceptors (Lipinski definition) is 5. The number of aliphatic imine (C=N–C) groups is 1. The first kappa shape index (κ1) is 16.7. The summed E-state index contributed by atoms with van der Waals surface area (Å²) in [6.07, 6.45) is -0.210. The Morgan fingerprint density at radius 2 is 2.09 bits per heavy atom. The van der Waals surface area contributed by atoms with Crippen LogP contribution in [0.25, 0.3) is 0 Å². The topological polar surface area (TPSA) is 84.5 Å². The lowest BCUT2D eigenvalue weighted by Crippen LogP contribution is -2.22. The van der Waals surface area contributed by atoms with Crippen LogP contribution in [-0.4, -0.2) is 27.7 Å². The van der Waals surface area contributed by atoms with Crippen molar-refractivity contribution in [2.45, 2.75) is 22.1 Å². The molecule has 0 bridgehead atoms. The number of anilines is 1. The third kappa shape index (κ3) is 4.67. The summed E-state index contributed by atoms with van der Waals surface area (Å²) in [4.78, 5) is 26.6. The van der Waals surface area contributed by atoms with Crippen molar-refractivity contribution in [2.75, 3.05) is 5.32 Å². The van der Waals surface area contributed by atoms with Gasteiger partial charge in [0, 0.05) is 11.3 Å². The summed E-state index contributed by atoms with van der Waals surface area (Å²) in [5, 5.41) is 1.72. The summed E-state index contributed by atoms with van der Waals surface area (Å²) in [6, 6.07) is 5.56. The Bertz CT molecular complexity index is 634. The Morgan fingerprint density at radius 3 is 2.68 bits per heavy atom. The van der Waals surface area contributed by atoms with Gasteiger partial charge in [-0.15, -0.1) is 0 Å². The summed E-state index contributed by atoms with van der Waals surface area (Å²) >= 11 is 0.642. The summed E-state index contributed by atoms with van der Waals surface area (Å²) < 4.78 is 37.4. The fourth-order valence-electron chi connectivity index (χ4n) is 1.69. The minimum absolute atomic E-state index is 0.0409. The van der Waals surface area contributed by atoms with E-state index in [2.05, 4.69) is 10.3 Å². The fraction of sp³-hybridized carbons (Fsp3) is 0.250. The van der Waals surface area contributed by atoms with Gasteiger partial charge >= 0.3 is 5.51 Å². The largest absolute Gasteiger partial charge is 0.446 e. The van der Waals surface area contributed by atoms with E-state index in [1.165, 1.54) is 24.3 Å². The lowest BCUT2D eigenvalue weighted by atomic mass is 10.2. The van der Waals surface area contributed by atoms with E-state index >= 15 is 0 Å². The van der Waals surface area contributed by atoms with Crippen molar-refractivity contribution in [2.24, 2.45) is 10.7 Å². The number of carbonyl (C=O) groups excluding carboxylic acids is 2. The Kier molecular flexibility index (Phi) is 5.01. The standard InChI is InChI=1S/C12H10F3N3O2S2/c13-12(14,15)22-7-4-2-1-3-6(7)17-9(19)5-8-10(20)18-11(16)21-8/h1-4,8H,5H2,(H,17,19)(H2,16,18,20)/t8-/m1/s1. The van der Waals surface area contributed by atoms with Crippen molar-refractivity contribution in [3.63, 3.8) is 0 Å². The van der Waals surface area contributed by atoms with Crippen molar-refractivity contribution in [1.82, 2.24) is 0 Å².